The lowest BCUT2D eigenvalue weighted by Gasteiger charge is -2.25. The first kappa shape index (κ1) is 19.6. The summed E-state index contributed by atoms with van der Waals surface area (Å²) >= 11 is 0. The number of methoxy groups -OCH3 is 3. The van der Waals surface area contributed by atoms with Crippen LogP contribution in [0.15, 0.2) is 47.4 Å². The average Bonchev–Trinajstić information content (AvgIpc) is 2.65. The molecule has 0 amide bonds. The van der Waals surface area contributed by atoms with Gasteiger partial charge in [-0.3, -0.25) is 9.10 Å². The van der Waals surface area contributed by atoms with Crippen molar-refractivity contribution in [3.8, 4) is 11.5 Å². The van der Waals surface area contributed by atoms with Crippen molar-refractivity contribution in [1.29, 1.82) is 0 Å². The molecular weight excluding hydrogens is 358 g/mol. The minimum Gasteiger partial charge on any atom is -0.496 e. The third-order valence-corrected chi connectivity index (χ3v) is 5.56. The standard InChI is InChI=1S/C18H21NO6S/c1-13-11-14(9-10-16(13)23-2)26(21,22)19(12-18(20)25-4)15-7-5-6-8-17(15)24-3/h5-11H,12H2,1-4H3. The summed E-state index contributed by atoms with van der Waals surface area (Å²) < 4.78 is 42.5. The highest BCUT2D eigenvalue weighted by Gasteiger charge is 2.30. The molecule has 0 aliphatic rings. The average molecular weight is 379 g/mol. The number of anilines is 1. The molecule has 7 nitrogen and oxygen atoms in total. The molecule has 2 aromatic rings. The Morgan fingerprint density at radius 2 is 1.65 bits per heavy atom. The van der Waals surface area contributed by atoms with Crippen LogP contribution in [-0.2, 0) is 19.6 Å². The molecule has 0 N–H and O–H groups in total. The van der Waals surface area contributed by atoms with Gasteiger partial charge in [0.25, 0.3) is 10.0 Å². The second kappa shape index (κ2) is 8.09. The van der Waals surface area contributed by atoms with Gasteiger partial charge in [0.15, 0.2) is 0 Å². The second-order valence-corrected chi connectivity index (χ2v) is 7.25. The predicted molar refractivity (Wildman–Crippen MR) is 97.3 cm³/mol. The van der Waals surface area contributed by atoms with Crippen molar-refractivity contribution < 1.29 is 27.4 Å². The van der Waals surface area contributed by atoms with Gasteiger partial charge in [-0.25, -0.2) is 8.42 Å². The summed E-state index contributed by atoms with van der Waals surface area (Å²) in [6, 6.07) is 11.1. The van der Waals surface area contributed by atoms with Gasteiger partial charge in [-0.1, -0.05) is 12.1 Å². The van der Waals surface area contributed by atoms with Gasteiger partial charge >= 0.3 is 5.97 Å². The number of sulfonamides is 1. The number of ether oxygens (including phenoxy) is 3. The highest BCUT2D eigenvalue weighted by atomic mass is 32.2. The van der Waals surface area contributed by atoms with E-state index in [-0.39, 0.29) is 10.6 Å². The molecule has 0 saturated heterocycles. The SMILES string of the molecule is COC(=O)CN(c1ccccc1OC)S(=O)(=O)c1ccc(OC)c(C)c1. The first-order valence-corrected chi connectivity index (χ1v) is 9.16. The van der Waals surface area contributed by atoms with E-state index in [4.69, 9.17) is 9.47 Å². The number of benzene rings is 2. The lowest BCUT2D eigenvalue weighted by atomic mass is 10.2. The third kappa shape index (κ3) is 3.91. The molecule has 26 heavy (non-hydrogen) atoms. The number of para-hydroxylation sites is 2. The number of carbonyl (C=O) groups excluding carboxylic acids is 1. The lowest BCUT2D eigenvalue weighted by molar-refractivity contribution is -0.138. The molecule has 0 aliphatic carbocycles. The molecule has 0 aliphatic heterocycles. The Morgan fingerprint density at radius 3 is 2.23 bits per heavy atom. The van der Waals surface area contributed by atoms with Crippen molar-refractivity contribution in [2.45, 2.75) is 11.8 Å². The Bertz CT molecular complexity index is 894. The topological polar surface area (TPSA) is 82.1 Å². The molecule has 0 spiro atoms. The molecule has 8 heteroatoms. The number of esters is 1. The lowest BCUT2D eigenvalue weighted by Crippen LogP contribution is -2.36. The van der Waals surface area contributed by atoms with Crippen LogP contribution in [-0.4, -0.2) is 42.3 Å². The van der Waals surface area contributed by atoms with Crippen molar-refractivity contribution in [2.75, 3.05) is 32.2 Å². The maximum atomic E-state index is 13.2. The Kier molecular flexibility index (Phi) is 6.10. The van der Waals surface area contributed by atoms with E-state index < -0.39 is 22.5 Å². The molecule has 0 atom stereocenters. The van der Waals surface area contributed by atoms with Crippen molar-refractivity contribution in [1.82, 2.24) is 0 Å². The Hall–Kier alpha value is -2.74. The zero-order valence-electron chi connectivity index (χ0n) is 15.1. The molecule has 0 unspecified atom stereocenters. The van der Waals surface area contributed by atoms with Gasteiger partial charge in [0.05, 0.1) is 31.9 Å². The first-order valence-electron chi connectivity index (χ1n) is 7.72. The predicted octanol–water partition coefficient (Wildman–Crippen LogP) is 2.38. The molecule has 0 saturated carbocycles. The van der Waals surface area contributed by atoms with Crippen molar-refractivity contribution in [2.24, 2.45) is 0 Å². The fourth-order valence-electron chi connectivity index (χ4n) is 2.46. The minimum absolute atomic E-state index is 0.0330. The van der Waals surface area contributed by atoms with Crippen molar-refractivity contribution >= 4 is 21.7 Å². The van der Waals surface area contributed by atoms with Gasteiger partial charge in [0.1, 0.15) is 18.0 Å². The summed E-state index contributed by atoms with van der Waals surface area (Å²) in [7, 11) is 0.0976. The van der Waals surface area contributed by atoms with Crippen LogP contribution in [0.2, 0.25) is 0 Å². The molecule has 140 valence electrons. The Balaban J connectivity index is 2.60. The Labute approximate surface area is 153 Å². The summed E-state index contributed by atoms with van der Waals surface area (Å²) in [5.41, 5.74) is 0.903. The normalized spacial score (nSPS) is 10.9. The van der Waals surface area contributed by atoms with Crippen LogP contribution in [0.25, 0.3) is 0 Å². The zero-order valence-corrected chi connectivity index (χ0v) is 15.9. The van der Waals surface area contributed by atoms with Crippen LogP contribution in [0.1, 0.15) is 5.56 Å². The van der Waals surface area contributed by atoms with Crippen LogP contribution >= 0.6 is 0 Å². The molecular formula is C18H21NO6S. The molecule has 2 aromatic carbocycles. The number of nitrogens with zero attached hydrogens (tertiary/aromatic N) is 1. The third-order valence-electron chi connectivity index (χ3n) is 3.81. The number of hydrogen-bond acceptors (Lipinski definition) is 6. The summed E-state index contributed by atoms with van der Waals surface area (Å²) in [5.74, 6) is 0.204. The van der Waals surface area contributed by atoms with Crippen LogP contribution in [0.4, 0.5) is 5.69 Å². The summed E-state index contributed by atoms with van der Waals surface area (Å²) in [6.07, 6.45) is 0. The largest absolute Gasteiger partial charge is 0.496 e. The van der Waals surface area contributed by atoms with E-state index in [9.17, 15) is 13.2 Å². The molecule has 0 fully saturated rings. The number of rotatable bonds is 7. The van der Waals surface area contributed by atoms with Gasteiger partial charge < -0.3 is 14.2 Å². The van der Waals surface area contributed by atoms with E-state index in [1.807, 2.05) is 0 Å². The van der Waals surface area contributed by atoms with Crippen LogP contribution in [0.3, 0.4) is 0 Å². The number of hydrogen-bond donors (Lipinski definition) is 0. The van der Waals surface area contributed by atoms with E-state index in [0.717, 1.165) is 4.31 Å². The highest BCUT2D eigenvalue weighted by molar-refractivity contribution is 7.92. The molecule has 0 heterocycles. The minimum atomic E-state index is -4.04. The van der Waals surface area contributed by atoms with Gasteiger partial charge in [-0.05, 0) is 42.8 Å². The number of carbonyl (C=O) groups is 1. The van der Waals surface area contributed by atoms with E-state index >= 15 is 0 Å². The van der Waals surface area contributed by atoms with E-state index in [1.165, 1.54) is 33.5 Å². The zero-order chi connectivity index (χ0) is 19.3. The summed E-state index contributed by atoms with van der Waals surface area (Å²) in [6.45, 7) is 1.26. The van der Waals surface area contributed by atoms with Crippen LogP contribution in [0.5, 0.6) is 11.5 Å². The summed E-state index contributed by atoms with van der Waals surface area (Å²) in [5, 5.41) is 0. The quantitative estimate of drug-likeness (QED) is 0.687. The maximum absolute atomic E-state index is 13.2. The van der Waals surface area contributed by atoms with Crippen LogP contribution in [0, 0.1) is 6.92 Å². The maximum Gasteiger partial charge on any atom is 0.326 e. The Morgan fingerprint density at radius 1 is 1.00 bits per heavy atom. The van der Waals surface area contributed by atoms with Gasteiger partial charge in [-0.15, -0.1) is 0 Å². The second-order valence-electron chi connectivity index (χ2n) is 5.39. The first-order chi connectivity index (χ1) is 12.3. The monoisotopic (exact) mass is 379 g/mol. The molecule has 0 radical (unpaired) electrons. The van der Waals surface area contributed by atoms with Gasteiger partial charge in [0.2, 0.25) is 0 Å². The van der Waals surface area contributed by atoms with Crippen LogP contribution < -0.4 is 13.8 Å². The summed E-state index contributed by atoms with van der Waals surface area (Å²) in [4.78, 5) is 11.9. The van der Waals surface area contributed by atoms with Gasteiger partial charge in [-0.2, -0.15) is 0 Å². The number of aryl methyl sites for hydroxylation is 1. The van der Waals surface area contributed by atoms with E-state index in [0.29, 0.717) is 17.1 Å². The van der Waals surface area contributed by atoms with E-state index in [2.05, 4.69) is 4.74 Å². The fourth-order valence-corrected chi connectivity index (χ4v) is 3.96. The fraction of sp³-hybridized carbons (Fsp3) is 0.278. The van der Waals surface area contributed by atoms with E-state index in [1.54, 1.807) is 37.3 Å². The molecule has 0 bridgehead atoms. The van der Waals surface area contributed by atoms with Crippen molar-refractivity contribution in [3.05, 3.63) is 48.0 Å². The van der Waals surface area contributed by atoms with Crippen molar-refractivity contribution in [3.63, 3.8) is 0 Å². The smallest absolute Gasteiger partial charge is 0.326 e. The van der Waals surface area contributed by atoms with Gasteiger partial charge in [0, 0.05) is 0 Å². The molecule has 2 rings (SSSR count). The molecule has 0 aromatic heterocycles. The highest BCUT2D eigenvalue weighted by Crippen LogP contribution is 2.33.